The Labute approximate surface area is 107 Å². The average molecular weight is 267 g/mol. The van der Waals surface area contributed by atoms with Crippen LogP contribution >= 0.6 is 11.6 Å². The van der Waals surface area contributed by atoms with E-state index in [1.165, 1.54) is 18.2 Å². The zero-order valence-corrected chi connectivity index (χ0v) is 9.76. The molecular formula is C11H7ClN2O4. The van der Waals surface area contributed by atoms with Crippen LogP contribution in [0.15, 0.2) is 35.0 Å². The molecule has 0 saturated heterocycles. The van der Waals surface area contributed by atoms with Gasteiger partial charge >= 0.3 is 5.97 Å². The van der Waals surface area contributed by atoms with E-state index < -0.39 is 10.9 Å². The SMILES string of the molecule is O=C1ON=C(CCl)/C1=C\c1ccccc1[N+](=O)[O-]. The number of benzene rings is 1. The Morgan fingerprint density at radius 2 is 2.17 bits per heavy atom. The summed E-state index contributed by atoms with van der Waals surface area (Å²) in [5.74, 6) is -0.665. The molecule has 6 nitrogen and oxygen atoms in total. The third-order valence-electron chi connectivity index (χ3n) is 2.33. The van der Waals surface area contributed by atoms with Crippen molar-refractivity contribution in [1.29, 1.82) is 0 Å². The third-order valence-corrected chi connectivity index (χ3v) is 2.58. The van der Waals surface area contributed by atoms with Gasteiger partial charge in [0.15, 0.2) is 0 Å². The molecule has 0 aromatic heterocycles. The summed E-state index contributed by atoms with van der Waals surface area (Å²) in [6, 6.07) is 6.06. The zero-order chi connectivity index (χ0) is 13.1. The first-order chi connectivity index (χ1) is 8.63. The summed E-state index contributed by atoms with van der Waals surface area (Å²) in [5.41, 5.74) is 0.604. The van der Waals surface area contributed by atoms with Gasteiger partial charge in [0.25, 0.3) is 5.69 Å². The maximum absolute atomic E-state index is 11.4. The quantitative estimate of drug-likeness (QED) is 0.276. The number of carbonyl (C=O) groups is 1. The summed E-state index contributed by atoms with van der Waals surface area (Å²) in [5, 5.41) is 14.3. The Hall–Kier alpha value is -2.21. The molecule has 7 heteroatoms. The van der Waals surface area contributed by atoms with Crippen LogP contribution in [0.5, 0.6) is 0 Å². The maximum Gasteiger partial charge on any atom is 0.367 e. The first kappa shape index (κ1) is 12.3. The van der Waals surface area contributed by atoms with E-state index in [1.807, 2.05) is 0 Å². The summed E-state index contributed by atoms with van der Waals surface area (Å²) in [6.45, 7) is 0. The monoisotopic (exact) mass is 266 g/mol. The summed E-state index contributed by atoms with van der Waals surface area (Å²) >= 11 is 5.60. The van der Waals surface area contributed by atoms with Crippen molar-refractivity contribution < 1.29 is 14.6 Å². The van der Waals surface area contributed by atoms with E-state index in [0.717, 1.165) is 0 Å². The largest absolute Gasteiger partial charge is 0.367 e. The van der Waals surface area contributed by atoms with Crippen molar-refractivity contribution in [2.24, 2.45) is 5.16 Å². The van der Waals surface area contributed by atoms with Crippen molar-refractivity contribution in [1.82, 2.24) is 0 Å². The summed E-state index contributed by atoms with van der Waals surface area (Å²) in [6.07, 6.45) is 1.36. The van der Waals surface area contributed by atoms with Crippen molar-refractivity contribution in [3.63, 3.8) is 0 Å². The number of hydrogen-bond acceptors (Lipinski definition) is 5. The van der Waals surface area contributed by atoms with Gasteiger partial charge in [-0.3, -0.25) is 10.1 Å². The number of alkyl halides is 1. The Morgan fingerprint density at radius 3 is 2.83 bits per heavy atom. The minimum Gasteiger partial charge on any atom is -0.312 e. The van der Waals surface area contributed by atoms with Gasteiger partial charge < -0.3 is 4.84 Å². The van der Waals surface area contributed by atoms with E-state index in [4.69, 9.17) is 11.6 Å². The van der Waals surface area contributed by atoms with E-state index >= 15 is 0 Å². The molecule has 1 heterocycles. The van der Waals surface area contributed by atoms with Crippen LogP contribution in [-0.4, -0.2) is 22.5 Å². The molecule has 0 fully saturated rings. The fourth-order valence-corrected chi connectivity index (χ4v) is 1.68. The van der Waals surface area contributed by atoms with E-state index in [-0.39, 0.29) is 22.9 Å². The summed E-state index contributed by atoms with van der Waals surface area (Å²) in [4.78, 5) is 26.2. The molecule has 1 aliphatic rings. The lowest BCUT2D eigenvalue weighted by Gasteiger charge is -1.98. The van der Waals surface area contributed by atoms with Gasteiger partial charge in [-0.1, -0.05) is 17.3 Å². The van der Waals surface area contributed by atoms with Gasteiger partial charge in [0, 0.05) is 6.07 Å². The second kappa shape index (κ2) is 4.97. The fourth-order valence-electron chi connectivity index (χ4n) is 1.48. The van der Waals surface area contributed by atoms with Crippen LogP contribution in [0.2, 0.25) is 0 Å². The van der Waals surface area contributed by atoms with Crippen LogP contribution in [0, 0.1) is 10.1 Å². The number of carbonyl (C=O) groups excluding carboxylic acids is 1. The Morgan fingerprint density at radius 1 is 1.44 bits per heavy atom. The van der Waals surface area contributed by atoms with Crippen LogP contribution in [0.4, 0.5) is 5.69 Å². The molecule has 0 radical (unpaired) electrons. The molecule has 0 atom stereocenters. The standard InChI is InChI=1S/C11H7ClN2O4/c12-6-9-8(11(15)18-13-9)5-7-3-1-2-4-10(7)14(16)17/h1-5H,6H2/b8-5+. The molecule has 0 saturated carbocycles. The molecular weight excluding hydrogens is 260 g/mol. The molecule has 0 unspecified atom stereocenters. The van der Waals surface area contributed by atoms with Gasteiger partial charge in [0.05, 0.1) is 21.9 Å². The molecule has 92 valence electrons. The molecule has 1 aromatic rings. The minimum atomic E-state index is -0.663. The van der Waals surface area contributed by atoms with Crippen molar-refractivity contribution >= 4 is 35.0 Å². The summed E-state index contributed by atoms with van der Waals surface area (Å²) in [7, 11) is 0. The molecule has 0 N–H and O–H groups in total. The van der Waals surface area contributed by atoms with Crippen LogP contribution in [0.3, 0.4) is 0 Å². The highest BCUT2D eigenvalue weighted by molar-refractivity contribution is 6.38. The number of oxime groups is 1. The molecule has 1 aliphatic heterocycles. The first-order valence-corrected chi connectivity index (χ1v) is 5.46. The normalized spacial score (nSPS) is 16.6. The highest BCUT2D eigenvalue weighted by Crippen LogP contribution is 2.23. The number of nitrogens with zero attached hydrogens (tertiary/aromatic N) is 2. The lowest BCUT2D eigenvalue weighted by molar-refractivity contribution is -0.385. The van der Waals surface area contributed by atoms with E-state index in [1.54, 1.807) is 12.1 Å². The Balaban J connectivity index is 2.48. The average Bonchev–Trinajstić information content (AvgIpc) is 2.71. The van der Waals surface area contributed by atoms with Crippen molar-refractivity contribution in [2.75, 3.05) is 5.88 Å². The van der Waals surface area contributed by atoms with E-state index in [2.05, 4.69) is 9.99 Å². The Bertz CT molecular complexity index is 580. The fraction of sp³-hybridized carbons (Fsp3) is 0.0909. The van der Waals surface area contributed by atoms with Crippen LogP contribution < -0.4 is 0 Å². The van der Waals surface area contributed by atoms with Crippen LogP contribution in [0.25, 0.3) is 6.08 Å². The van der Waals surface area contributed by atoms with Crippen molar-refractivity contribution in [3.8, 4) is 0 Å². The number of para-hydroxylation sites is 1. The molecule has 0 bridgehead atoms. The Kier molecular flexibility index (Phi) is 3.38. The predicted molar refractivity (Wildman–Crippen MR) is 65.3 cm³/mol. The highest BCUT2D eigenvalue weighted by Gasteiger charge is 2.25. The molecule has 0 amide bonds. The number of nitro benzene ring substituents is 1. The molecule has 2 rings (SSSR count). The van der Waals surface area contributed by atoms with Crippen molar-refractivity contribution in [3.05, 3.63) is 45.5 Å². The predicted octanol–water partition coefficient (Wildman–Crippen LogP) is 2.13. The summed E-state index contributed by atoms with van der Waals surface area (Å²) < 4.78 is 0. The molecule has 1 aromatic carbocycles. The van der Waals surface area contributed by atoms with Gasteiger partial charge in [0.2, 0.25) is 0 Å². The smallest absolute Gasteiger partial charge is 0.312 e. The zero-order valence-electron chi connectivity index (χ0n) is 9.00. The van der Waals surface area contributed by atoms with Gasteiger partial charge in [0.1, 0.15) is 5.71 Å². The molecule has 0 spiro atoms. The lowest BCUT2D eigenvalue weighted by atomic mass is 10.1. The molecule has 18 heavy (non-hydrogen) atoms. The van der Waals surface area contributed by atoms with Gasteiger partial charge in [-0.15, -0.1) is 11.6 Å². The van der Waals surface area contributed by atoms with E-state index in [9.17, 15) is 14.9 Å². The minimum absolute atomic E-state index is 0.00178. The van der Waals surface area contributed by atoms with Gasteiger partial charge in [-0.05, 0) is 12.1 Å². The lowest BCUT2D eigenvalue weighted by Crippen LogP contribution is -2.06. The van der Waals surface area contributed by atoms with Crippen LogP contribution in [0.1, 0.15) is 5.56 Å². The number of hydrogen-bond donors (Lipinski definition) is 0. The first-order valence-electron chi connectivity index (χ1n) is 4.93. The number of nitro groups is 1. The van der Waals surface area contributed by atoms with Crippen LogP contribution in [-0.2, 0) is 9.63 Å². The van der Waals surface area contributed by atoms with Gasteiger partial charge in [-0.25, -0.2) is 4.79 Å². The topological polar surface area (TPSA) is 81.8 Å². The second-order valence-corrected chi connectivity index (χ2v) is 3.69. The maximum atomic E-state index is 11.4. The highest BCUT2D eigenvalue weighted by atomic mass is 35.5. The second-order valence-electron chi connectivity index (χ2n) is 3.42. The number of rotatable bonds is 3. The molecule has 0 aliphatic carbocycles. The third kappa shape index (κ3) is 2.23. The van der Waals surface area contributed by atoms with E-state index in [0.29, 0.717) is 5.56 Å². The van der Waals surface area contributed by atoms with Gasteiger partial charge in [-0.2, -0.15) is 0 Å². The van der Waals surface area contributed by atoms with Crippen molar-refractivity contribution in [2.45, 2.75) is 0 Å². The number of halogens is 1.